The summed E-state index contributed by atoms with van der Waals surface area (Å²) in [5.74, 6) is 0.411. The van der Waals surface area contributed by atoms with E-state index >= 15 is 0 Å². The molecule has 4 nitrogen and oxygen atoms in total. The second-order valence-corrected chi connectivity index (χ2v) is 4.79. The fourth-order valence-corrected chi connectivity index (χ4v) is 2.08. The number of rotatable bonds is 6. The van der Waals surface area contributed by atoms with Gasteiger partial charge >= 0.3 is 0 Å². The highest BCUT2D eigenvalue weighted by Crippen LogP contribution is 2.25. The number of hydrogen-bond acceptors (Lipinski definition) is 3. The second kappa shape index (κ2) is 7.84. The van der Waals surface area contributed by atoms with Crippen LogP contribution < -0.4 is 10.1 Å². The first-order chi connectivity index (χ1) is 10.8. The summed E-state index contributed by atoms with van der Waals surface area (Å²) < 4.78 is 5.63. The van der Waals surface area contributed by atoms with Crippen LogP contribution in [0.1, 0.15) is 29.3 Å². The highest BCUT2D eigenvalue weighted by atomic mass is 16.5. The van der Waals surface area contributed by atoms with E-state index in [9.17, 15) is 4.79 Å². The summed E-state index contributed by atoms with van der Waals surface area (Å²) in [6, 6.07) is 16.5. The fourth-order valence-electron chi connectivity index (χ4n) is 2.08. The van der Waals surface area contributed by atoms with E-state index < -0.39 is 0 Å². The molecule has 0 saturated heterocycles. The third-order valence-corrected chi connectivity index (χ3v) is 3.13. The number of nitrogens with zero attached hydrogens (tertiary/aromatic N) is 1. The molecule has 1 N–H and O–H groups in total. The summed E-state index contributed by atoms with van der Waals surface area (Å²) in [6.45, 7) is 2.62. The summed E-state index contributed by atoms with van der Waals surface area (Å²) in [5, 5.41) is 11.7. The van der Waals surface area contributed by atoms with E-state index in [4.69, 9.17) is 10.00 Å². The number of para-hydroxylation sites is 2. The Bertz CT molecular complexity index is 689. The van der Waals surface area contributed by atoms with Crippen LogP contribution in [-0.4, -0.2) is 12.5 Å². The van der Waals surface area contributed by atoms with Gasteiger partial charge in [0.2, 0.25) is 0 Å². The lowest BCUT2D eigenvalue weighted by Crippen LogP contribution is -2.15. The molecule has 0 aliphatic rings. The molecule has 2 aromatic carbocycles. The maximum Gasteiger partial charge on any atom is 0.256 e. The van der Waals surface area contributed by atoms with Crippen LogP contribution in [0.3, 0.4) is 0 Å². The molecular weight excluding hydrogens is 276 g/mol. The SMILES string of the molecule is CCCOc1ccccc1NC(=O)c1ccccc1CC#N. The minimum atomic E-state index is -0.238. The summed E-state index contributed by atoms with van der Waals surface area (Å²) in [5.41, 5.74) is 1.86. The standard InChI is InChI=1S/C18H18N2O2/c1-2-13-22-17-10-6-5-9-16(17)20-18(21)15-8-4-3-7-14(15)11-12-19/h3-10H,2,11,13H2,1H3,(H,20,21). The number of hydrogen-bond donors (Lipinski definition) is 1. The van der Waals surface area contributed by atoms with Crippen molar-refractivity contribution in [1.29, 1.82) is 5.26 Å². The van der Waals surface area contributed by atoms with Crippen molar-refractivity contribution in [3.63, 3.8) is 0 Å². The van der Waals surface area contributed by atoms with Gasteiger partial charge < -0.3 is 10.1 Å². The first-order valence-electron chi connectivity index (χ1n) is 7.24. The van der Waals surface area contributed by atoms with Gasteiger partial charge in [0.25, 0.3) is 5.91 Å². The van der Waals surface area contributed by atoms with Crippen molar-refractivity contribution in [2.45, 2.75) is 19.8 Å². The fraction of sp³-hybridized carbons (Fsp3) is 0.222. The van der Waals surface area contributed by atoms with Gasteiger partial charge in [-0.2, -0.15) is 5.26 Å². The highest BCUT2D eigenvalue weighted by molar-refractivity contribution is 6.06. The van der Waals surface area contributed by atoms with Crippen molar-refractivity contribution in [3.05, 3.63) is 59.7 Å². The Morgan fingerprint density at radius 2 is 1.91 bits per heavy atom. The van der Waals surface area contributed by atoms with Gasteiger partial charge in [-0.25, -0.2) is 0 Å². The predicted molar refractivity (Wildman–Crippen MR) is 85.9 cm³/mol. The van der Waals surface area contributed by atoms with Crippen molar-refractivity contribution in [3.8, 4) is 11.8 Å². The lowest BCUT2D eigenvalue weighted by atomic mass is 10.0. The van der Waals surface area contributed by atoms with E-state index in [-0.39, 0.29) is 12.3 Å². The zero-order chi connectivity index (χ0) is 15.8. The van der Waals surface area contributed by atoms with Crippen LogP contribution in [0.25, 0.3) is 0 Å². The van der Waals surface area contributed by atoms with Crippen molar-refractivity contribution in [2.24, 2.45) is 0 Å². The molecule has 0 unspecified atom stereocenters. The summed E-state index contributed by atoms with van der Waals surface area (Å²) in [6.07, 6.45) is 1.10. The smallest absolute Gasteiger partial charge is 0.256 e. The number of nitriles is 1. The van der Waals surface area contributed by atoms with Crippen LogP contribution in [0, 0.1) is 11.3 Å². The van der Waals surface area contributed by atoms with Gasteiger partial charge in [0.15, 0.2) is 0 Å². The molecule has 2 aromatic rings. The van der Waals surface area contributed by atoms with Gasteiger partial charge in [0.05, 0.1) is 24.8 Å². The first-order valence-corrected chi connectivity index (χ1v) is 7.24. The Morgan fingerprint density at radius 3 is 2.68 bits per heavy atom. The number of benzene rings is 2. The van der Waals surface area contributed by atoms with E-state index in [0.717, 1.165) is 12.0 Å². The Kier molecular flexibility index (Phi) is 5.56. The van der Waals surface area contributed by atoms with Gasteiger partial charge in [-0.15, -0.1) is 0 Å². The van der Waals surface area contributed by atoms with E-state index in [1.165, 1.54) is 0 Å². The van der Waals surface area contributed by atoms with Crippen LogP contribution in [0.5, 0.6) is 5.75 Å². The Balaban J connectivity index is 2.21. The maximum atomic E-state index is 12.5. The monoisotopic (exact) mass is 294 g/mol. The largest absolute Gasteiger partial charge is 0.491 e. The summed E-state index contributed by atoms with van der Waals surface area (Å²) in [7, 11) is 0. The molecule has 1 amide bonds. The molecule has 0 aliphatic heterocycles. The molecule has 4 heteroatoms. The molecule has 0 fully saturated rings. The third kappa shape index (κ3) is 3.86. The molecular formula is C18H18N2O2. The molecule has 112 valence electrons. The molecule has 0 aromatic heterocycles. The molecule has 0 aliphatic carbocycles. The average Bonchev–Trinajstić information content (AvgIpc) is 2.55. The molecule has 2 rings (SSSR count). The van der Waals surface area contributed by atoms with E-state index in [2.05, 4.69) is 11.4 Å². The van der Waals surface area contributed by atoms with Crippen molar-refractivity contribution in [1.82, 2.24) is 0 Å². The zero-order valence-corrected chi connectivity index (χ0v) is 12.5. The number of nitrogens with one attached hydrogen (secondary N) is 1. The van der Waals surface area contributed by atoms with Crippen molar-refractivity contribution in [2.75, 3.05) is 11.9 Å². The van der Waals surface area contributed by atoms with Gasteiger partial charge in [-0.3, -0.25) is 4.79 Å². The number of ether oxygens (including phenoxy) is 1. The van der Waals surface area contributed by atoms with Crippen LogP contribution in [0.4, 0.5) is 5.69 Å². The molecule has 0 spiro atoms. The Morgan fingerprint density at radius 1 is 1.18 bits per heavy atom. The second-order valence-electron chi connectivity index (χ2n) is 4.79. The highest BCUT2D eigenvalue weighted by Gasteiger charge is 2.13. The lowest BCUT2D eigenvalue weighted by molar-refractivity contribution is 0.102. The normalized spacial score (nSPS) is 9.82. The summed E-state index contributed by atoms with van der Waals surface area (Å²) >= 11 is 0. The van der Waals surface area contributed by atoms with Gasteiger partial charge in [-0.05, 0) is 30.2 Å². The average molecular weight is 294 g/mol. The van der Waals surface area contributed by atoms with Gasteiger partial charge in [0, 0.05) is 5.56 Å². The van der Waals surface area contributed by atoms with Crippen molar-refractivity contribution < 1.29 is 9.53 Å². The number of carbonyl (C=O) groups excluding carboxylic acids is 1. The number of carbonyl (C=O) groups is 1. The van der Waals surface area contributed by atoms with E-state index in [0.29, 0.717) is 23.6 Å². The van der Waals surface area contributed by atoms with Crippen LogP contribution in [0.2, 0.25) is 0 Å². The van der Waals surface area contributed by atoms with Crippen LogP contribution in [-0.2, 0) is 6.42 Å². The van der Waals surface area contributed by atoms with Crippen LogP contribution >= 0.6 is 0 Å². The molecule has 0 radical (unpaired) electrons. The van der Waals surface area contributed by atoms with Gasteiger partial charge in [-0.1, -0.05) is 37.3 Å². The van der Waals surface area contributed by atoms with E-state index in [1.54, 1.807) is 24.3 Å². The van der Waals surface area contributed by atoms with Gasteiger partial charge in [0.1, 0.15) is 5.75 Å². The Labute approximate surface area is 130 Å². The zero-order valence-electron chi connectivity index (χ0n) is 12.5. The molecule has 0 saturated carbocycles. The third-order valence-electron chi connectivity index (χ3n) is 3.13. The predicted octanol–water partition coefficient (Wildman–Crippen LogP) is 3.79. The minimum absolute atomic E-state index is 0.206. The molecule has 22 heavy (non-hydrogen) atoms. The van der Waals surface area contributed by atoms with Crippen molar-refractivity contribution >= 4 is 11.6 Å². The molecule has 0 bridgehead atoms. The topological polar surface area (TPSA) is 62.1 Å². The molecule has 0 atom stereocenters. The quantitative estimate of drug-likeness (QED) is 0.881. The Hall–Kier alpha value is -2.80. The number of amides is 1. The van der Waals surface area contributed by atoms with Crippen LogP contribution in [0.15, 0.2) is 48.5 Å². The molecule has 0 heterocycles. The minimum Gasteiger partial charge on any atom is -0.491 e. The lowest BCUT2D eigenvalue weighted by Gasteiger charge is -2.13. The maximum absolute atomic E-state index is 12.5. The summed E-state index contributed by atoms with van der Waals surface area (Å²) in [4.78, 5) is 12.5. The van der Waals surface area contributed by atoms with E-state index in [1.807, 2.05) is 31.2 Å². The first kappa shape index (κ1) is 15.6. The number of anilines is 1.